The molecule has 0 bridgehead atoms. The quantitative estimate of drug-likeness (QED) is 0.749. The first-order valence-corrected chi connectivity index (χ1v) is 6.12. The highest BCUT2D eigenvalue weighted by molar-refractivity contribution is 6.00. The molecule has 0 saturated carbocycles. The number of anilines is 1. The number of benzene rings is 1. The lowest BCUT2D eigenvalue weighted by atomic mass is 10.1. The third-order valence-corrected chi connectivity index (χ3v) is 3.03. The van der Waals surface area contributed by atoms with Crippen LogP contribution in [-0.2, 0) is 4.79 Å². The molecule has 0 atom stereocenters. The van der Waals surface area contributed by atoms with E-state index in [1.54, 1.807) is 18.2 Å². The predicted octanol–water partition coefficient (Wildman–Crippen LogP) is 0.240. The molecule has 3 N–H and O–H groups in total. The molecule has 1 aromatic carbocycles. The largest absolute Gasteiger partial charge is 0.494 e. The molecular formula is C13H17N3O3. The molecule has 19 heavy (non-hydrogen) atoms. The zero-order valence-electron chi connectivity index (χ0n) is 10.8. The summed E-state index contributed by atoms with van der Waals surface area (Å²) in [6, 6.07) is 5.02. The third-order valence-electron chi connectivity index (χ3n) is 3.03. The minimum absolute atomic E-state index is 0.0663. The molecule has 6 heteroatoms. The van der Waals surface area contributed by atoms with E-state index in [1.165, 1.54) is 12.0 Å². The van der Waals surface area contributed by atoms with Gasteiger partial charge in [0, 0.05) is 13.1 Å². The predicted molar refractivity (Wildman–Crippen MR) is 70.9 cm³/mol. The first-order valence-electron chi connectivity index (χ1n) is 6.12. The van der Waals surface area contributed by atoms with Gasteiger partial charge in [-0.1, -0.05) is 6.07 Å². The van der Waals surface area contributed by atoms with Gasteiger partial charge in [0.1, 0.15) is 0 Å². The summed E-state index contributed by atoms with van der Waals surface area (Å²) in [7, 11) is 1.47. The van der Waals surface area contributed by atoms with E-state index < -0.39 is 0 Å². The van der Waals surface area contributed by atoms with Crippen LogP contribution >= 0.6 is 0 Å². The lowest BCUT2D eigenvalue weighted by molar-refractivity contribution is -0.121. The summed E-state index contributed by atoms with van der Waals surface area (Å²) in [6.45, 7) is 1.20. The molecule has 1 heterocycles. The molecule has 2 rings (SSSR count). The van der Waals surface area contributed by atoms with Gasteiger partial charge in [-0.15, -0.1) is 0 Å². The number of nitrogens with two attached hydrogens (primary N) is 1. The van der Waals surface area contributed by atoms with Crippen molar-refractivity contribution in [2.24, 2.45) is 0 Å². The molecule has 1 fully saturated rings. The number of nitrogens with one attached hydrogen (secondary N) is 1. The highest BCUT2D eigenvalue weighted by atomic mass is 16.5. The van der Waals surface area contributed by atoms with Crippen molar-refractivity contribution in [1.29, 1.82) is 0 Å². The number of nitrogens with zero attached hydrogens (tertiary/aromatic N) is 1. The average Bonchev–Trinajstić information content (AvgIpc) is 2.62. The smallest absolute Gasteiger partial charge is 0.258 e. The van der Waals surface area contributed by atoms with E-state index in [1.807, 2.05) is 0 Å². The van der Waals surface area contributed by atoms with Gasteiger partial charge < -0.3 is 20.7 Å². The maximum Gasteiger partial charge on any atom is 0.258 e. The summed E-state index contributed by atoms with van der Waals surface area (Å²) in [5.74, 6) is -0.0212. The molecule has 0 aliphatic carbocycles. The zero-order valence-corrected chi connectivity index (χ0v) is 10.8. The SMILES string of the molecule is COc1c(N)cccc1C(=O)N1CCCNC(=O)C1. The Morgan fingerprint density at radius 2 is 2.26 bits per heavy atom. The fourth-order valence-electron chi connectivity index (χ4n) is 2.10. The number of para-hydroxylation sites is 1. The van der Waals surface area contributed by atoms with Gasteiger partial charge in [-0.05, 0) is 18.6 Å². The molecular weight excluding hydrogens is 246 g/mol. The van der Waals surface area contributed by atoms with Crippen LogP contribution in [0, 0.1) is 0 Å². The van der Waals surface area contributed by atoms with Gasteiger partial charge in [-0.3, -0.25) is 9.59 Å². The Balaban J connectivity index is 2.28. The van der Waals surface area contributed by atoms with E-state index in [0.717, 1.165) is 6.42 Å². The van der Waals surface area contributed by atoms with Gasteiger partial charge in [0.15, 0.2) is 5.75 Å². The summed E-state index contributed by atoms with van der Waals surface area (Å²) < 4.78 is 5.17. The normalized spacial score (nSPS) is 15.6. The maximum absolute atomic E-state index is 12.4. The zero-order chi connectivity index (χ0) is 13.8. The Morgan fingerprint density at radius 3 is 3.00 bits per heavy atom. The summed E-state index contributed by atoms with van der Waals surface area (Å²) in [4.78, 5) is 25.4. The van der Waals surface area contributed by atoms with Crippen molar-refractivity contribution >= 4 is 17.5 Å². The van der Waals surface area contributed by atoms with Crippen molar-refractivity contribution in [2.75, 3.05) is 32.5 Å². The van der Waals surface area contributed by atoms with Crippen LogP contribution in [0.4, 0.5) is 5.69 Å². The second kappa shape index (κ2) is 5.60. The molecule has 0 radical (unpaired) electrons. The second-order valence-electron chi connectivity index (χ2n) is 4.36. The van der Waals surface area contributed by atoms with Gasteiger partial charge in [0.25, 0.3) is 5.91 Å². The number of carbonyl (C=O) groups is 2. The summed E-state index contributed by atoms with van der Waals surface area (Å²) >= 11 is 0. The van der Waals surface area contributed by atoms with E-state index in [0.29, 0.717) is 30.1 Å². The fraction of sp³-hybridized carbons (Fsp3) is 0.385. The van der Waals surface area contributed by atoms with Gasteiger partial charge in [0.2, 0.25) is 5.91 Å². The fourth-order valence-corrected chi connectivity index (χ4v) is 2.10. The van der Waals surface area contributed by atoms with Crippen LogP contribution < -0.4 is 15.8 Å². The molecule has 0 unspecified atom stereocenters. The number of amides is 2. The van der Waals surface area contributed by atoms with Crippen LogP contribution in [0.1, 0.15) is 16.8 Å². The molecule has 2 amide bonds. The Hall–Kier alpha value is -2.24. The van der Waals surface area contributed by atoms with Gasteiger partial charge in [-0.25, -0.2) is 0 Å². The summed E-state index contributed by atoms with van der Waals surface area (Å²) in [5.41, 5.74) is 6.58. The van der Waals surface area contributed by atoms with Crippen LogP contribution in [-0.4, -0.2) is 43.5 Å². The van der Waals surface area contributed by atoms with E-state index in [4.69, 9.17) is 10.5 Å². The average molecular weight is 263 g/mol. The molecule has 1 aliphatic rings. The van der Waals surface area contributed by atoms with Crippen LogP contribution in [0.5, 0.6) is 5.75 Å². The van der Waals surface area contributed by atoms with Crippen molar-refractivity contribution in [3.63, 3.8) is 0 Å². The van der Waals surface area contributed by atoms with Gasteiger partial charge in [-0.2, -0.15) is 0 Å². The number of rotatable bonds is 2. The molecule has 1 saturated heterocycles. The second-order valence-corrected chi connectivity index (χ2v) is 4.36. The highest BCUT2D eigenvalue weighted by Gasteiger charge is 2.24. The van der Waals surface area contributed by atoms with Crippen molar-refractivity contribution in [1.82, 2.24) is 10.2 Å². The van der Waals surface area contributed by atoms with Crippen LogP contribution in [0.2, 0.25) is 0 Å². The summed E-state index contributed by atoms with van der Waals surface area (Å²) in [5, 5.41) is 2.73. The van der Waals surface area contributed by atoms with Crippen molar-refractivity contribution in [2.45, 2.75) is 6.42 Å². The van der Waals surface area contributed by atoms with Crippen molar-refractivity contribution < 1.29 is 14.3 Å². The Bertz CT molecular complexity index is 502. The van der Waals surface area contributed by atoms with Gasteiger partial charge in [0.05, 0.1) is 24.9 Å². The minimum atomic E-state index is -0.235. The highest BCUT2D eigenvalue weighted by Crippen LogP contribution is 2.27. The van der Waals surface area contributed by atoms with Crippen LogP contribution in [0.25, 0.3) is 0 Å². The van der Waals surface area contributed by atoms with Crippen molar-refractivity contribution in [3.05, 3.63) is 23.8 Å². The van der Waals surface area contributed by atoms with E-state index >= 15 is 0 Å². The molecule has 102 valence electrons. The van der Waals surface area contributed by atoms with Gasteiger partial charge >= 0.3 is 0 Å². The standard InChI is InChI=1S/C13H17N3O3/c1-19-12-9(4-2-5-10(12)14)13(18)16-7-3-6-15-11(17)8-16/h2,4-5H,3,6-8,14H2,1H3,(H,15,17). The first-order chi connectivity index (χ1) is 9.13. The molecule has 1 aromatic rings. The molecule has 1 aliphatic heterocycles. The van der Waals surface area contributed by atoms with Crippen molar-refractivity contribution in [3.8, 4) is 5.75 Å². The Kier molecular flexibility index (Phi) is 3.89. The number of methoxy groups -OCH3 is 1. The molecule has 0 spiro atoms. The first kappa shape index (κ1) is 13.2. The Labute approximate surface area is 111 Å². The topological polar surface area (TPSA) is 84.7 Å². The lowest BCUT2D eigenvalue weighted by Gasteiger charge is -2.20. The maximum atomic E-state index is 12.4. The number of carbonyl (C=O) groups excluding carboxylic acids is 2. The lowest BCUT2D eigenvalue weighted by Crippen LogP contribution is -2.37. The number of hydrogen-bond acceptors (Lipinski definition) is 4. The van der Waals surface area contributed by atoms with E-state index in [2.05, 4.69) is 5.32 Å². The number of ether oxygens (including phenoxy) is 1. The Morgan fingerprint density at radius 1 is 1.47 bits per heavy atom. The van der Waals surface area contributed by atoms with Crippen LogP contribution in [0.15, 0.2) is 18.2 Å². The van der Waals surface area contributed by atoms with E-state index in [-0.39, 0.29) is 18.4 Å². The monoisotopic (exact) mass is 263 g/mol. The number of nitrogen functional groups attached to an aromatic ring is 1. The van der Waals surface area contributed by atoms with Crippen LogP contribution in [0.3, 0.4) is 0 Å². The van der Waals surface area contributed by atoms with E-state index in [9.17, 15) is 9.59 Å². The minimum Gasteiger partial charge on any atom is -0.494 e. The number of hydrogen-bond donors (Lipinski definition) is 2. The third kappa shape index (κ3) is 2.78. The summed E-state index contributed by atoms with van der Waals surface area (Å²) in [6.07, 6.45) is 0.738. The molecule has 0 aromatic heterocycles. The molecule has 6 nitrogen and oxygen atoms in total.